The third-order valence-electron chi connectivity index (χ3n) is 5.97. The average Bonchev–Trinajstić information content (AvgIpc) is 3.41. The number of alkyl halides is 3. The molecule has 0 unspecified atom stereocenters. The van der Waals surface area contributed by atoms with Crippen molar-refractivity contribution in [3.8, 4) is 0 Å². The summed E-state index contributed by atoms with van der Waals surface area (Å²) in [6, 6.07) is 12.6. The van der Waals surface area contributed by atoms with Crippen LogP contribution in [0.5, 0.6) is 0 Å². The maximum atomic E-state index is 15.3. The molecule has 0 bridgehead atoms. The minimum absolute atomic E-state index is 0.00823. The SMILES string of the molecule is O=C(ON(c1cccc(F)n1)S(=O)(=O)c1cc(Cl)c(N[C@H](CN2CCCC2)c2ccccc2)cc1F)C(F)(F)F. The first kappa shape index (κ1) is 29.5. The average molecular weight is 605 g/mol. The van der Waals surface area contributed by atoms with E-state index in [4.69, 9.17) is 11.6 Å². The van der Waals surface area contributed by atoms with Crippen molar-refractivity contribution in [2.24, 2.45) is 0 Å². The van der Waals surface area contributed by atoms with Crippen molar-refractivity contribution in [2.45, 2.75) is 30.0 Å². The number of pyridine rings is 1. The van der Waals surface area contributed by atoms with E-state index in [-0.39, 0.29) is 16.8 Å². The number of carbonyl (C=O) groups excluding carboxylic acids is 1. The van der Waals surface area contributed by atoms with Gasteiger partial charge in [-0.15, -0.1) is 0 Å². The Morgan fingerprint density at radius 3 is 2.38 bits per heavy atom. The second-order valence-electron chi connectivity index (χ2n) is 8.80. The highest BCUT2D eigenvalue weighted by atomic mass is 35.5. The van der Waals surface area contributed by atoms with Gasteiger partial charge in [-0.05, 0) is 55.8 Å². The molecule has 40 heavy (non-hydrogen) atoms. The predicted octanol–water partition coefficient (Wildman–Crippen LogP) is 5.48. The van der Waals surface area contributed by atoms with E-state index in [9.17, 15) is 30.8 Å². The highest BCUT2D eigenvalue weighted by Crippen LogP contribution is 2.34. The first-order chi connectivity index (χ1) is 18.9. The number of hydrogen-bond donors (Lipinski definition) is 1. The van der Waals surface area contributed by atoms with Crippen LogP contribution in [0, 0.1) is 11.8 Å². The fourth-order valence-electron chi connectivity index (χ4n) is 4.10. The first-order valence-corrected chi connectivity index (χ1v) is 13.7. The van der Waals surface area contributed by atoms with E-state index in [0.29, 0.717) is 12.6 Å². The van der Waals surface area contributed by atoms with Crippen molar-refractivity contribution in [2.75, 3.05) is 29.4 Å². The molecule has 8 nitrogen and oxygen atoms in total. The number of sulfonamides is 1. The van der Waals surface area contributed by atoms with Crippen LogP contribution in [0.1, 0.15) is 24.4 Å². The number of hydrogen-bond acceptors (Lipinski definition) is 7. The van der Waals surface area contributed by atoms with Gasteiger partial charge in [0.2, 0.25) is 5.95 Å². The Hall–Kier alpha value is -3.49. The molecule has 3 aromatic rings. The Labute approximate surface area is 231 Å². The van der Waals surface area contributed by atoms with Gasteiger partial charge in [-0.1, -0.05) is 52.5 Å². The van der Waals surface area contributed by atoms with Crippen LogP contribution in [-0.4, -0.2) is 50.1 Å². The lowest BCUT2D eigenvalue weighted by molar-refractivity contribution is -0.199. The van der Waals surface area contributed by atoms with Crippen LogP contribution in [0.25, 0.3) is 0 Å². The minimum atomic E-state index is -5.63. The Balaban J connectivity index is 1.70. The highest BCUT2D eigenvalue weighted by Gasteiger charge is 2.45. The minimum Gasteiger partial charge on any atom is -0.376 e. The summed E-state index contributed by atoms with van der Waals surface area (Å²) in [5.74, 6) is -6.75. The van der Waals surface area contributed by atoms with Gasteiger partial charge in [0.25, 0.3) is 10.0 Å². The largest absolute Gasteiger partial charge is 0.493 e. The van der Waals surface area contributed by atoms with Gasteiger partial charge in [-0.2, -0.15) is 31.0 Å². The number of anilines is 2. The number of carbonyl (C=O) groups is 1. The van der Waals surface area contributed by atoms with Gasteiger partial charge < -0.3 is 15.1 Å². The van der Waals surface area contributed by atoms with Gasteiger partial charge in [-0.25, -0.2) is 9.18 Å². The van der Waals surface area contributed by atoms with Crippen molar-refractivity contribution in [3.05, 3.63) is 83.0 Å². The van der Waals surface area contributed by atoms with Gasteiger partial charge in [0.15, 0.2) is 5.82 Å². The molecule has 1 N–H and O–H groups in total. The predicted molar refractivity (Wildman–Crippen MR) is 136 cm³/mol. The van der Waals surface area contributed by atoms with E-state index in [0.717, 1.165) is 55.8 Å². The molecular formula is C25H22ClF5N4O4S. The first-order valence-electron chi connectivity index (χ1n) is 11.9. The molecule has 4 rings (SSSR count). The lowest BCUT2D eigenvalue weighted by atomic mass is 10.1. The fraction of sp³-hybridized carbons (Fsp3) is 0.280. The molecule has 1 atom stereocenters. The zero-order chi connectivity index (χ0) is 29.1. The number of benzene rings is 2. The topological polar surface area (TPSA) is 91.8 Å². The van der Waals surface area contributed by atoms with E-state index in [1.54, 1.807) is 0 Å². The van der Waals surface area contributed by atoms with Crippen molar-refractivity contribution in [1.29, 1.82) is 0 Å². The summed E-state index contributed by atoms with van der Waals surface area (Å²) >= 11 is 6.32. The van der Waals surface area contributed by atoms with Crippen LogP contribution in [0.2, 0.25) is 5.02 Å². The molecule has 1 aromatic heterocycles. The molecular weight excluding hydrogens is 583 g/mol. The summed E-state index contributed by atoms with van der Waals surface area (Å²) in [7, 11) is -5.43. The lowest BCUT2D eigenvalue weighted by Gasteiger charge is -2.27. The Morgan fingerprint density at radius 1 is 1.07 bits per heavy atom. The summed E-state index contributed by atoms with van der Waals surface area (Å²) in [5.41, 5.74) is 0.860. The summed E-state index contributed by atoms with van der Waals surface area (Å²) in [6.45, 7) is 2.27. The molecule has 214 valence electrons. The van der Waals surface area contributed by atoms with E-state index in [1.165, 1.54) is 0 Å². The quantitative estimate of drug-likeness (QED) is 0.197. The van der Waals surface area contributed by atoms with Gasteiger partial charge >= 0.3 is 12.1 Å². The third kappa shape index (κ3) is 6.80. The Kier molecular flexibility index (Phi) is 8.80. The normalized spacial score (nSPS) is 15.1. The summed E-state index contributed by atoms with van der Waals surface area (Å²) < 4.78 is 93.6. The van der Waals surface area contributed by atoms with Gasteiger partial charge in [0.05, 0.1) is 16.8 Å². The van der Waals surface area contributed by atoms with E-state index in [2.05, 4.69) is 20.0 Å². The van der Waals surface area contributed by atoms with Gasteiger partial charge in [-0.3, -0.25) is 0 Å². The number of likely N-dealkylation sites (tertiary alicyclic amines) is 1. The van der Waals surface area contributed by atoms with Crippen molar-refractivity contribution in [1.82, 2.24) is 9.88 Å². The van der Waals surface area contributed by atoms with Crippen LogP contribution >= 0.6 is 11.6 Å². The summed E-state index contributed by atoms with van der Waals surface area (Å²) in [5, 5.41) is 2.82. The summed E-state index contributed by atoms with van der Waals surface area (Å²) in [4.78, 5) is 19.6. The molecule has 2 aromatic carbocycles. The number of aromatic nitrogens is 1. The number of rotatable bonds is 9. The molecule has 2 heterocycles. The molecule has 15 heteroatoms. The fourth-order valence-corrected chi connectivity index (χ4v) is 5.65. The second kappa shape index (κ2) is 11.9. The standard InChI is InChI=1S/C25H22ClF5N4O4S/c26-17-13-21(40(37,38)35(39-24(36)25(29,30)31)23-10-6-9-22(28)33-23)18(27)14-19(17)32-20(15-34-11-4-5-12-34)16-7-2-1-3-8-16/h1-3,6-10,13-14,20,32H,4-5,11-12,15H2/t20-/m1/s1. The molecule has 1 aliphatic rings. The molecule has 0 radical (unpaired) electrons. The molecule has 1 saturated heterocycles. The second-order valence-corrected chi connectivity index (χ2v) is 10.9. The van der Waals surface area contributed by atoms with Crippen LogP contribution in [0.4, 0.5) is 33.5 Å². The number of halogens is 6. The van der Waals surface area contributed by atoms with Crippen LogP contribution < -0.4 is 9.79 Å². The zero-order valence-electron chi connectivity index (χ0n) is 20.5. The van der Waals surface area contributed by atoms with Crippen molar-refractivity contribution < 1.29 is 40.0 Å². The van der Waals surface area contributed by atoms with Crippen molar-refractivity contribution in [3.63, 3.8) is 0 Å². The molecule has 1 aliphatic heterocycles. The lowest BCUT2D eigenvalue weighted by Crippen LogP contribution is -2.39. The highest BCUT2D eigenvalue weighted by molar-refractivity contribution is 7.92. The van der Waals surface area contributed by atoms with E-state index in [1.807, 2.05) is 30.3 Å². The molecule has 0 saturated carbocycles. The molecule has 1 fully saturated rings. The van der Waals surface area contributed by atoms with Crippen LogP contribution in [0.3, 0.4) is 0 Å². The van der Waals surface area contributed by atoms with Gasteiger partial charge in [0, 0.05) is 6.54 Å². The zero-order valence-corrected chi connectivity index (χ0v) is 22.1. The monoisotopic (exact) mass is 604 g/mol. The third-order valence-corrected chi connectivity index (χ3v) is 7.85. The summed E-state index contributed by atoms with van der Waals surface area (Å²) in [6.07, 6.45) is -3.58. The molecule has 0 amide bonds. The van der Waals surface area contributed by atoms with Crippen molar-refractivity contribution >= 4 is 39.1 Å². The Bertz CT molecular complexity index is 1470. The smallest absolute Gasteiger partial charge is 0.376 e. The van der Waals surface area contributed by atoms with Gasteiger partial charge in [0.1, 0.15) is 10.7 Å². The number of nitrogens with one attached hydrogen (secondary N) is 1. The molecule has 0 spiro atoms. The van der Waals surface area contributed by atoms with Crippen LogP contribution in [0.15, 0.2) is 65.6 Å². The maximum absolute atomic E-state index is 15.3. The van der Waals surface area contributed by atoms with Crippen LogP contribution in [-0.2, 0) is 19.7 Å². The number of nitrogens with zero attached hydrogens (tertiary/aromatic N) is 3. The maximum Gasteiger partial charge on any atom is 0.493 e. The molecule has 0 aliphatic carbocycles. The van der Waals surface area contributed by atoms with E-state index >= 15 is 4.39 Å². The Morgan fingerprint density at radius 2 is 1.75 bits per heavy atom. The van der Waals surface area contributed by atoms with E-state index < -0.39 is 49.1 Å².